The van der Waals surface area contributed by atoms with Crippen molar-refractivity contribution in [2.75, 3.05) is 11.4 Å². The van der Waals surface area contributed by atoms with E-state index in [1.165, 1.54) is 6.08 Å². The Balaban J connectivity index is 2.04. The molecule has 2 amide bonds. The van der Waals surface area contributed by atoms with Crippen LogP contribution in [0.2, 0.25) is 0 Å². The summed E-state index contributed by atoms with van der Waals surface area (Å²) in [5.74, 6) is -2.75. The smallest absolute Gasteiger partial charge is 0.308 e. The van der Waals surface area contributed by atoms with Crippen molar-refractivity contribution in [3.8, 4) is 0 Å². The van der Waals surface area contributed by atoms with Gasteiger partial charge < -0.3 is 21.1 Å². The highest BCUT2D eigenvalue weighted by Gasteiger charge is 2.32. The number of carboxylic acids is 1. The van der Waals surface area contributed by atoms with Crippen molar-refractivity contribution < 1.29 is 19.5 Å². The van der Waals surface area contributed by atoms with Crippen LogP contribution in [0.25, 0.3) is 0 Å². The number of aliphatic carboxylic acids is 1. The van der Waals surface area contributed by atoms with E-state index in [-0.39, 0.29) is 24.1 Å². The maximum atomic E-state index is 12.9. The van der Waals surface area contributed by atoms with Gasteiger partial charge in [0.1, 0.15) is 5.84 Å². The first-order chi connectivity index (χ1) is 13.8. The van der Waals surface area contributed by atoms with Crippen molar-refractivity contribution in [2.45, 2.75) is 38.6 Å². The fourth-order valence-electron chi connectivity index (χ4n) is 3.59. The number of nitrogen functional groups attached to an aromatic ring is 1. The van der Waals surface area contributed by atoms with E-state index in [2.05, 4.69) is 11.9 Å². The summed E-state index contributed by atoms with van der Waals surface area (Å²) >= 11 is 0. The Morgan fingerprint density at radius 1 is 1.41 bits per heavy atom. The monoisotopic (exact) mass is 400 g/mol. The molecule has 1 aromatic rings. The van der Waals surface area contributed by atoms with Crippen molar-refractivity contribution in [1.82, 2.24) is 5.32 Å². The Bertz CT molecular complexity index is 790. The number of anilines is 1. The van der Waals surface area contributed by atoms with Crippen LogP contribution in [-0.2, 0) is 14.4 Å². The predicted molar refractivity (Wildman–Crippen MR) is 111 cm³/mol. The van der Waals surface area contributed by atoms with Crippen molar-refractivity contribution in [3.63, 3.8) is 0 Å². The van der Waals surface area contributed by atoms with E-state index in [1.807, 2.05) is 0 Å². The molecule has 1 heterocycles. The molecule has 1 aliphatic rings. The molecular formula is C21H28N4O4. The number of nitrogens with one attached hydrogen (secondary N) is 2. The van der Waals surface area contributed by atoms with Gasteiger partial charge in [-0.15, -0.1) is 6.58 Å². The number of amides is 2. The standard InChI is InChI=1S/C21H28N4O4/c1-3-16(21(28)29)17(4-2)24-18(26)12-14-6-5-11-25(20(14)27)15-9-7-13(8-10-15)19(22)23/h4,7-10,14,16-17H,2-3,5-6,11-12H2,1H3,(H3,22,23)(H,24,26)(H,28,29)/t14-,16?,17?/m0/s1. The molecule has 8 heteroatoms. The summed E-state index contributed by atoms with van der Waals surface area (Å²) in [6.07, 6.45) is 3.14. The average Bonchev–Trinajstić information content (AvgIpc) is 2.69. The summed E-state index contributed by atoms with van der Waals surface area (Å²) in [4.78, 5) is 38.4. The molecule has 0 spiro atoms. The number of carbonyl (C=O) groups is 3. The maximum absolute atomic E-state index is 12.9. The molecule has 1 aliphatic heterocycles. The Kier molecular flexibility index (Phi) is 7.52. The van der Waals surface area contributed by atoms with Gasteiger partial charge in [0.2, 0.25) is 11.8 Å². The summed E-state index contributed by atoms with van der Waals surface area (Å²) in [5, 5.41) is 19.4. The highest BCUT2D eigenvalue weighted by molar-refractivity contribution is 5.99. The van der Waals surface area contributed by atoms with Gasteiger partial charge in [0.25, 0.3) is 0 Å². The van der Waals surface area contributed by atoms with Gasteiger partial charge in [-0.05, 0) is 43.5 Å². The Labute approximate surface area is 170 Å². The zero-order valence-electron chi connectivity index (χ0n) is 16.6. The second-order valence-corrected chi connectivity index (χ2v) is 7.18. The summed E-state index contributed by atoms with van der Waals surface area (Å²) in [7, 11) is 0. The number of hydrogen-bond acceptors (Lipinski definition) is 4. The minimum absolute atomic E-state index is 0.00125. The number of nitrogens with two attached hydrogens (primary N) is 1. The van der Waals surface area contributed by atoms with Crippen LogP contribution in [0.15, 0.2) is 36.9 Å². The Hall–Kier alpha value is -3.16. The number of hydrogen-bond donors (Lipinski definition) is 4. The van der Waals surface area contributed by atoms with E-state index in [1.54, 1.807) is 36.1 Å². The fraction of sp³-hybridized carbons (Fsp3) is 0.429. The van der Waals surface area contributed by atoms with Crippen LogP contribution in [0.4, 0.5) is 5.69 Å². The van der Waals surface area contributed by atoms with Gasteiger partial charge in [-0.3, -0.25) is 19.8 Å². The molecule has 2 unspecified atom stereocenters. The van der Waals surface area contributed by atoms with E-state index >= 15 is 0 Å². The summed E-state index contributed by atoms with van der Waals surface area (Å²) < 4.78 is 0. The van der Waals surface area contributed by atoms with Gasteiger partial charge in [-0.25, -0.2) is 0 Å². The molecule has 2 rings (SSSR count). The van der Waals surface area contributed by atoms with Crippen molar-refractivity contribution in [2.24, 2.45) is 17.6 Å². The first-order valence-electron chi connectivity index (χ1n) is 9.69. The molecule has 29 heavy (non-hydrogen) atoms. The topological polar surface area (TPSA) is 137 Å². The lowest BCUT2D eigenvalue weighted by atomic mass is 9.92. The summed E-state index contributed by atoms with van der Waals surface area (Å²) in [6, 6.07) is 6.17. The van der Waals surface area contributed by atoms with Gasteiger partial charge in [-0.2, -0.15) is 0 Å². The quantitative estimate of drug-likeness (QED) is 0.285. The molecule has 8 nitrogen and oxygen atoms in total. The van der Waals surface area contributed by atoms with Crippen molar-refractivity contribution in [3.05, 3.63) is 42.5 Å². The lowest BCUT2D eigenvalue weighted by Crippen LogP contribution is -2.46. The zero-order chi connectivity index (χ0) is 21.6. The molecule has 1 fully saturated rings. The minimum atomic E-state index is -0.994. The first kappa shape index (κ1) is 22.1. The van der Waals surface area contributed by atoms with E-state index in [0.717, 1.165) is 6.42 Å². The number of carbonyl (C=O) groups excluding carboxylic acids is 2. The molecule has 0 aromatic heterocycles. The van der Waals surface area contributed by atoms with Gasteiger partial charge in [0, 0.05) is 30.1 Å². The van der Waals surface area contributed by atoms with Crippen LogP contribution < -0.4 is 16.0 Å². The number of piperidine rings is 1. The normalized spacial score (nSPS) is 18.6. The number of amidine groups is 1. The largest absolute Gasteiger partial charge is 0.481 e. The number of benzene rings is 1. The molecule has 156 valence electrons. The Morgan fingerprint density at radius 3 is 2.59 bits per heavy atom. The van der Waals surface area contributed by atoms with E-state index in [4.69, 9.17) is 11.1 Å². The lowest BCUT2D eigenvalue weighted by molar-refractivity contribution is -0.142. The van der Waals surface area contributed by atoms with Crippen LogP contribution in [0.5, 0.6) is 0 Å². The maximum Gasteiger partial charge on any atom is 0.308 e. The molecule has 0 aliphatic carbocycles. The molecule has 5 N–H and O–H groups in total. The van der Waals surface area contributed by atoms with Crippen LogP contribution in [0, 0.1) is 17.2 Å². The van der Waals surface area contributed by atoms with Gasteiger partial charge >= 0.3 is 5.97 Å². The molecule has 1 saturated heterocycles. The zero-order valence-corrected chi connectivity index (χ0v) is 16.6. The molecule has 0 saturated carbocycles. The molecule has 0 radical (unpaired) electrons. The van der Waals surface area contributed by atoms with Gasteiger partial charge in [0.05, 0.1) is 12.0 Å². The van der Waals surface area contributed by atoms with Gasteiger partial charge in [-0.1, -0.05) is 13.0 Å². The van der Waals surface area contributed by atoms with Gasteiger partial charge in [0.15, 0.2) is 0 Å². The average molecular weight is 400 g/mol. The third kappa shape index (κ3) is 5.43. The highest BCUT2D eigenvalue weighted by Crippen LogP contribution is 2.27. The van der Waals surface area contributed by atoms with Crippen molar-refractivity contribution in [1.29, 1.82) is 5.41 Å². The van der Waals surface area contributed by atoms with Crippen LogP contribution in [0.1, 0.15) is 38.2 Å². The first-order valence-corrected chi connectivity index (χ1v) is 9.69. The highest BCUT2D eigenvalue weighted by atomic mass is 16.4. The number of carboxylic acid groups (broad SMARTS) is 1. The lowest BCUT2D eigenvalue weighted by Gasteiger charge is -2.32. The number of rotatable bonds is 9. The molecule has 0 bridgehead atoms. The summed E-state index contributed by atoms with van der Waals surface area (Å²) in [6.45, 7) is 5.92. The van der Waals surface area contributed by atoms with Crippen molar-refractivity contribution >= 4 is 29.3 Å². The van der Waals surface area contributed by atoms with E-state index in [0.29, 0.717) is 30.6 Å². The SMILES string of the molecule is C=CC(NC(=O)C[C@@H]1CCCN(c2ccc(C(=N)N)cc2)C1=O)C(CC)C(=O)O. The molecule has 3 atom stereocenters. The predicted octanol–water partition coefficient (Wildman–Crippen LogP) is 1.89. The third-order valence-corrected chi connectivity index (χ3v) is 5.24. The second kappa shape index (κ2) is 9.86. The molecule has 1 aromatic carbocycles. The minimum Gasteiger partial charge on any atom is -0.481 e. The van der Waals surface area contributed by atoms with E-state index in [9.17, 15) is 19.5 Å². The van der Waals surface area contributed by atoms with Crippen LogP contribution in [-0.4, -0.2) is 41.3 Å². The van der Waals surface area contributed by atoms with Crippen LogP contribution >= 0.6 is 0 Å². The Morgan fingerprint density at radius 2 is 2.07 bits per heavy atom. The number of nitrogens with zero attached hydrogens (tertiary/aromatic N) is 1. The fourth-order valence-corrected chi connectivity index (χ4v) is 3.59. The second-order valence-electron chi connectivity index (χ2n) is 7.18. The third-order valence-electron chi connectivity index (χ3n) is 5.24. The summed E-state index contributed by atoms with van der Waals surface area (Å²) in [5.41, 5.74) is 6.74. The van der Waals surface area contributed by atoms with E-state index < -0.39 is 23.8 Å². The molecular weight excluding hydrogens is 372 g/mol. The van der Waals surface area contributed by atoms with Crippen LogP contribution in [0.3, 0.4) is 0 Å².